The van der Waals surface area contributed by atoms with Crippen molar-refractivity contribution in [1.82, 2.24) is 14.5 Å². The number of benzene rings is 1. The average Bonchev–Trinajstić information content (AvgIpc) is 3.54. The van der Waals surface area contributed by atoms with Crippen LogP contribution in [0.2, 0.25) is 18.1 Å². The molecule has 0 radical (unpaired) electrons. The minimum atomic E-state index is -3.71. The maximum atomic E-state index is 11.7. The summed E-state index contributed by atoms with van der Waals surface area (Å²) in [6.45, 7) is 11.1. The quantitative estimate of drug-likeness (QED) is 0.364. The highest BCUT2D eigenvalue weighted by atomic mass is 32.2. The number of aryl methyl sites for hydroxylation is 1. The molecule has 2 aromatic heterocycles. The number of nitrogens with zero attached hydrogens (tertiary/aromatic N) is 3. The Morgan fingerprint density at radius 1 is 1.16 bits per heavy atom. The molecule has 5 rings (SSSR count). The van der Waals surface area contributed by atoms with Crippen LogP contribution in [0, 0.1) is 5.92 Å². The smallest absolute Gasteiger partial charge is 0.230 e. The number of hydrogen-bond acceptors (Lipinski definition) is 6. The maximum Gasteiger partial charge on any atom is 0.230 e. The van der Waals surface area contributed by atoms with E-state index in [0.29, 0.717) is 0 Å². The molecule has 38 heavy (non-hydrogen) atoms. The van der Waals surface area contributed by atoms with Crippen molar-refractivity contribution < 1.29 is 12.8 Å². The number of fused-ring (bicyclic) bond motifs is 2. The third-order valence-electron chi connectivity index (χ3n) is 8.64. The predicted octanol–water partition coefficient (Wildman–Crippen LogP) is 5.67. The highest BCUT2D eigenvalue weighted by molar-refractivity contribution is 7.92. The predicted molar refractivity (Wildman–Crippen MR) is 155 cm³/mol. The molecule has 0 amide bonds. The number of nitrogens with one attached hydrogen (secondary N) is 1. The molecule has 1 unspecified atom stereocenters. The lowest BCUT2D eigenvalue weighted by Crippen LogP contribution is -2.44. The third-order valence-corrected chi connectivity index (χ3v) is 13.7. The Kier molecular flexibility index (Phi) is 7.04. The summed E-state index contributed by atoms with van der Waals surface area (Å²) in [5, 5.41) is 11.1. The van der Waals surface area contributed by atoms with Gasteiger partial charge in [0.1, 0.15) is 17.8 Å². The van der Waals surface area contributed by atoms with Crippen LogP contribution in [0.25, 0.3) is 11.0 Å². The number of hydrogen-bond donors (Lipinski definition) is 2. The van der Waals surface area contributed by atoms with Crippen molar-refractivity contribution in [3.8, 4) is 0 Å². The molecule has 0 aliphatic heterocycles. The van der Waals surface area contributed by atoms with Gasteiger partial charge in [-0.25, -0.2) is 23.5 Å². The standard InChI is InChI=1S/C28H39N5O3SSi/c1-28(2,3)38(4,5)36-25-17-21(16-20(25)13-15-37(29,34)35)33-14-12-23-26(30-18-31-27(23)33)32-24-11-10-19-8-6-7-9-22(19)24/h6-9,12-15,18,20-21,24-25H,10-11,16-17H2,1-5H3,(H2,29,34,35)(H,30,31,32)/b15-13+/t20?,21-,24+,25+/m1/s1. The molecule has 1 saturated carbocycles. The van der Waals surface area contributed by atoms with Gasteiger partial charge >= 0.3 is 0 Å². The van der Waals surface area contributed by atoms with Crippen LogP contribution in [0.4, 0.5) is 5.82 Å². The van der Waals surface area contributed by atoms with Crippen LogP contribution in [0.5, 0.6) is 0 Å². The summed E-state index contributed by atoms with van der Waals surface area (Å²) in [6.07, 6.45) is 8.96. The van der Waals surface area contributed by atoms with E-state index in [9.17, 15) is 8.42 Å². The first-order valence-corrected chi connectivity index (χ1v) is 17.9. The van der Waals surface area contributed by atoms with Crippen molar-refractivity contribution in [2.45, 2.75) is 82.8 Å². The first kappa shape index (κ1) is 27.0. The van der Waals surface area contributed by atoms with E-state index in [1.807, 2.05) is 0 Å². The van der Waals surface area contributed by atoms with Crippen LogP contribution in [-0.2, 0) is 20.9 Å². The molecule has 2 heterocycles. The molecule has 0 bridgehead atoms. The summed E-state index contributed by atoms with van der Waals surface area (Å²) in [5.74, 6) is 0.785. The topological polar surface area (TPSA) is 112 Å². The van der Waals surface area contributed by atoms with Gasteiger partial charge in [0.05, 0.1) is 17.5 Å². The second-order valence-corrected chi connectivity index (χ2v) is 18.4. The van der Waals surface area contributed by atoms with Gasteiger partial charge in [0.25, 0.3) is 0 Å². The second-order valence-electron chi connectivity index (χ2n) is 12.2. The zero-order valence-electron chi connectivity index (χ0n) is 22.9. The summed E-state index contributed by atoms with van der Waals surface area (Å²) in [5.41, 5.74) is 3.61. The Hall–Kier alpha value is -2.53. The van der Waals surface area contributed by atoms with E-state index in [1.165, 1.54) is 11.1 Å². The van der Waals surface area contributed by atoms with E-state index in [1.54, 1.807) is 12.4 Å². The van der Waals surface area contributed by atoms with Gasteiger partial charge in [0, 0.05) is 23.6 Å². The molecule has 2 aliphatic rings. The van der Waals surface area contributed by atoms with Crippen LogP contribution in [0.3, 0.4) is 0 Å². The van der Waals surface area contributed by atoms with Gasteiger partial charge in [-0.15, -0.1) is 0 Å². The van der Waals surface area contributed by atoms with E-state index >= 15 is 0 Å². The first-order chi connectivity index (χ1) is 17.8. The van der Waals surface area contributed by atoms with Crippen molar-refractivity contribution in [3.05, 3.63) is 65.5 Å². The lowest BCUT2D eigenvalue weighted by Gasteiger charge is -2.39. The molecule has 3 N–H and O–H groups in total. The lowest BCUT2D eigenvalue weighted by atomic mass is 10.1. The van der Waals surface area contributed by atoms with Gasteiger partial charge in [-0.1, -0.05) is 51.1 Å². The summed E-state index contributed by atoms with van der Waals surface area (Å²) in [4.78, 5) is 9.26. The number of rotatable bonds is 7. The Bertz CT molecular complexity index is 1460. The summed E-state index contributed by atoms with van der Waals surface area (Å²) in [6, 6.07) is 11.0. The molecule has 0 spiro atoms. The van der Waals surface area contributed by atoms with Crippen molar-refractivity contribution in [2.75, 3.05) is 5.32 Å². The van der Waals surface area contributed by atoms with E-state index < -0.39 is 18.3 Å². The van der Waals surface area contributed by atoms with Crippen molar-refractivity contribution in [2.24, 2.45) is 11.1 Å². The van der Waals surface area contributed by atoms with Crippen LogP contribution in [0.15, 0.2) is 54.3 Å². The zero-order chi connectivity index (χ0) is 27.3. The third kappa shape index (κ3) is 5.45. The Morgan fingerprint density at radius 2 is 1.92 bits per heavy atom. The van der Waals surface area contributed by atoms with E-state index in [0.717, 1.165) is 47.9 Å². The number of sulfonamides is 1. The molecule has 0 saturated heterocycles. The van der Waals surface area contributed by atoms with E-state index in [-0.39, 0.29) is 29.1 Å². The number of anilines is 1. The molecular formula is C28H39N5O3SSi. The van der Waals surface area contributed by atoms with Crippen molar-refractivity contribution in [3.63, 3.8) is 0 Å². The largest absolute Gasteiger partial charge is 0.413 e. The summed E-state index contributed by atoms with van der Waals surface area (Å²) >= 11 is 0. The minimum absolute atomic E-state index is 0.0477. The zero-order valence-corrected chi connectivity index (χ0v) is 24.7. The van der Waals surface area contributed by atoms with Crippen LogP contribution in [-0.4, -0.2) is 37.4 Å². The molecule has 2 aliphatic carbocycles. The van der Waals surface area contributed by atoms with Crippen LogP contribution < -0.4 is 10.5 Å². The van der Waals surface area contributed by atoms with E-state index in [2.05, 4.69) is 90.2 Å². The van der Waals surface area contributed by atoms with Crippen LogP contribution >= 0.6 is 0 Å². The molecule has 1 aromatic carbocycles. The molecule has 8 nitrogen and oxygen atoms in total. The van der Waals surface area contributed by atoms with Crippen LogP contribution in [0.1, 0.15) is 63.2 Å². The van der Waals surface area contributed by atoms with Gasteiger partial charge in [0.2, 0.25) is 10.0 Å². The molecule has 1 fully saturated rings. The monoisotopic (exact) mass is 553 g/mol. The fraction of sp³-hybridized carbons (Fsp3) is 0.500. The first-order valence-electron chi connectivity index (χ1n) is 13.4. The highest BCUT2D eigenvalue weighted by Crippen LogP contribution is 2.45. The number of aromatic nitrogens is 3. The van der Waals surface area contributed by atoms with Gasteiger partial charge in [-0.05, 0) is 61.0 Å². The van der Waals surface area contributed by atoms with E-state index in [4.69, 9.17) is 9.56 Å². The number of nitrogens with two attached hydrogens (primary N) is 1. The molecule has 10 heteroatoms. The molecule has 4 atom stereocenters. The fourth-order valence-electron chi connectivity index (χ4n) is 5.59. The average molecular weight is 554 g/mol. The molecular weight excluding hydrogens is 514 g/mol. The van der Waals surface area contributed by atoms with Gasteiger partial charge < -0.3 is 14.3 Å². The van der Waals surface area contributed by atoms with Gasteiger partial charge in [0.15, 0.2) is 8.32 Å². The van der Waals surface area contributed by atoms with Crippen molar-refractivity contribution in [1.29, 1.82) is 0 Å². The Labute approximate surface area is 226 Å². The highest BCUT2D eigenvalue weighted by Gasteiger charge is 2.44. The fourth-order valence-corrected chi connectivity index (χ4v) is 7.39. The normalized spacial score (nSPS) is 24.4. The Balaban J connectivity index is 1.42. The lowest BCUT2D eigenvalue weighted by molar-refractivity contribution is 0.157. The minimum Gasteiger partial charge on any atom is -0.413 e. The SMILES string of the molecule is CC(C)(C)[Si](C)(C)O[C@H]1C[C@H](n2ccc3c(N[C@H]4CCc5ccccc54)ncnc32)CC1/C=C/S(N)(=O)=O. The maximum absolute atomic E-state index is 11.7. The van der Waals surface area contributed by atoms with Crippen molar-refractivity contribution >= 4 is 35.2 Å². The Morgan fingerprint density at radius 3 is 2.66 bits per heavy atom. The molecule has 3 aromatic rings. The van der Waals surface area contributed by atoms with Gasteiger partial charge in [-0.2, -0.15) is 0 Å². The molecule has 204 valence electrons. The van der Waals surface area contributed by atoms with Gasteiger partial charge in [-0.3, -0.25) is 0 Å². The summed E-state index contributed by atoms with van der Waals surface area (Å²) in [7, 11) is -5.79. The summed E-state index contributed by atoms with van der Waals surface area (Å²) < 4.78 is 32.4. The number of primary sulfonamides is 1. The second kappa shape index (κ2) is 9.89.